The quantitative estimate of drug-likeness (QED) is 0.680. The van der Waals surface area contributed by atoms with Crippen molar-refractivity contribution in [3.05, 3.63) is 0 Å². The van der Waals surface area contributed by atoms with E-state index in [0.29, 0.717) is 5.92 Å². The molecule has 3 rings (SSSR count). The lowest BCUT2D eigenvalue weighted by Gasteiger charge is -2.43. The first-order chi connectivity index (χ1) is 6.78. The Bertz CT molecular complexity index is 275. The van der Waals surface area contributed by atoms with Gasteiger partial charge in [-0.3, -0.25) is 0 Å². The van der Waals surface area contributed by atoms with E-state index in [1.165, 1.54) is 25.5 Å². The second-order valence-corrected chi connectivity index (χ2v) is 5.59. The van der Waals surface area contributed by atoms with Gasteiger partial charge in [0.25, 0.3) is 0 Å². The number of aldehydes is 1. The van der Waals surface area contributed by atoms with Crippen molar-refractivity contribution >= 4 is 6.29 Å². The van der Waals surface area contributed by atoms with Gasteiger partial charge in [-0.1, -0.05) is 6.42 Å². The summed E-state index contributed by atoms with van der Waals surface area (Å²) in [6, 6.07) is 0. The summed E-state index contributed by atoms with van der Waals surface area (Å²) in [6.45, 7) is 0.243. The number of fused-ring (bicyclic) bond motifs is 5. The molecule has 3 aliphatic carbocycles. The second kappa shape index (κ2) is 2.60. The highest BCUT2D eigenvalue weighted by molar-refractivity contribution is 5.64. The Morgan fingerprint density at radius 3 is 2.93 bits per heavy atom. The van der Waals surface area contributed by atoms with Crippen LogP contribution in [-0.4, -0.2) is 18.0 Å². The van der Waals surface area contributed by atoms with Gasteiger partial charge >= 0.3 is 0 Å². The number of carbonyl (C=O) groups is 1. The van der Waals surface area contributed by atoms with Crippen LogP contribution in [0.15, 0.2) is 0 Å². The van der Waals surface area contributed by atoms with Gasteiger partial charge in [0.15, 0.2) is 0 Å². The number of hydrogen-bond donors (Lipinski definition) is 1. The first-order valence-electron chi connectivity index (χ1n) is 5.85. The molecule has 4 unspecified atom stereocenters. The fourth-order valence-electron chi connectivity index (χ4n) is 4.89. The van der Waals surface area contributed by atoms with Gasteiger partial charge in [0.1, 0.15) is 6.29 Å². The van der Waals surface area contributed by atoms with Crippen molar-refractivity contribution < 1.29 is 9.90 Å². The SMILES string of the molecule is O=CC12CCC(C1)C1CCCC12CO. The summed E-state index contributed by atoms with van der Waals surface area (Å²) in [5.41, 5.74) is -0.134. The summed E-state index contributed by atoms with van der Waals surface area (Å²) >= 11 is 0. The van der Waals surface area contributed by atoms with Crippen LogP contribution < -0.4 is 0 Å². The molecule has 3 aliphatic rings. The number of rotatable bonds is 2. The molecule has 78 valence electrons. The van der Waals surface area contributed by atoms with Gasteiger partial charge in [0.05, 0.1) is 0 Å². The van der Waals surface area contributed by atoms with Crippen molar-refractivity contribution in [1.29, 1.82) is 0 Å². The van der Waals surface area contributed by atoms with Crippen LogP contribution in [0.1, 0.15) is 38.5 Å². The minimum atomic E-state index is -0.131. The third-order valence-corrected chi connectivity index (χ3v) is 5.50. The van der Waals surface area contributed by atoms with Crippen LogP contribution in [0.2, 0.25) is 0 Å². The van der Waals surface area contributed by atoms with Crippen LogP contribution in [0.4, 0.5) is 0 Å². The predicted molar refractivity (Wildman–Crippen MR) is 52.7 cm³/mol. The molecule has 0 radical (unpaired) electrons. The molecule has 2 nitrogen and oxygen atoms in total. The van der Waals surface area contributed by atoms with Crippen LogP contribution in [0.5, 0.6) is 0 Å². The maximum absolute atomic E-state index is 11.4. The normalized spacial score (nSPS) is 54.9. The monoisotopic (exact) mass is 194 g/mol. The van der Waals surface area contributed by atoms with E-state index < -0.39 is 0 Å². The lowest BCUT2D eigenvalue weighted by Crippen LogP contribution is -2.44. The Hall–Kier alpha value is -0.370. The summed E-state index contributed by atoms with van der Waals surface area (Å²) in [4.78, 5) is 11.4. The molecule has 1 N–H and O–H groups in total. The predicted octanol–water partition coefficient (Wildman–Crippen LogP) is 1.76. The summed E-state index contributed by atoms with van der Waals surface area (Å²) in [6.07, 6.45) is 8.08. The first kappa shape index (κ1) is 8.90. The zero-order valence-electron chi connectivity index (χ0n) is 8.54. The molecule has 0 aromatic heterocycles. The van der Waals surface area contributed by atoms with Crippen molar-refractivity contribution in [1.82, 2.24) is 0 Å². The Kier molecular flexibility index (Phi) is 1.65. The molecule has 0 aliphatic heterocycles. The molecule has 0 aromatic carbocycles. The van der Waals surface area contributed by atoms with Gasteiger partial charge in [-0.2, -0.15) is 0 Å². The van der Waals surface area contributed by atoms with Gasteiger partial charge < -0.3 is 9.90 Å². The lowest BCUT2D eigenvalue weighted by molar-refractivity contribution is -0.127. The van der Waals surface area contributed by atoms with E-state index in [1.54, 1.807) is 0 Å². The number of hydrogen-bond acceptors (Lipinski definition) is 2. The van der Waals surface area contributed by atoms with E-state index in [0.717, 1.165) is 25.2 Å². The van der Waals surface area contributed by atoms with Gasteiger partial charge in [-0.25, -0.2) is 0 Å². The van der Waals surface area contributed by atoms with Crippen LogP contribution in [0, 0.1) is 22.7 Å². The first-order valence-corrected chi connectivity index (χ1v) is 5.85. The Balaban J connectivity index is 2.08. The molecule has 3 saturated carbocycles. The summed E-state index contributed by atoms with van der Waals surface area (Å²) in [5, 5.41) is 9.69. The number of carbonyl (C=O) groups excluding carboxylic acids is 1. The largest absolute Gasteiger partial charge is 0.396 e. The molecule has 0 aromatic rings. The molecule has 0 heterocycles. The molecule has 0 amide bonds. The van der Waals surface area contributed by atoms with E-state index in [4.69, 9.17) is 0 Å². The summed E-state index contributed by atoms with van der Waals surface area (Å²) < 4.78 is 0. The van der Waals surface area contributed by atoms with E-state index in [-0.39, 0.29) is 17.4 Å². The maximum Gasteiger partial charge on any atom is 0.126 e. The number of aliphatic hydroxyl groups is 1. The highest BCUT2D eigenvalue weighted by atomic mass is 16.3. The topological polar surface area (TPSA) is 37.3 Å². The summed E-state index contributed by atoms with van der Waals surface area (Å²) in [5.74, 6) is 1.40. The van der Waals surface area contributed by atoms with Crippen molar-refractivity contribution in [2.24, 2.45) is 22.7 Å². The molecular weight excluding hydrogens is 176 g/mol. The van der Waals surface area contributed by atoms with E-state index in [1.807, 2.05) is 0 Å². The fraction of sp³-hybridized carbons (Fsp3) is 0.917. The lowest BCUT2D eigenvalue weighted by atomic mass is 9.60. The van der Waals surface area contributed by atoms with Crippen LogP contribution >= 0.6 is 0 Å². The third-order valence-electron chi connectivity index (χ3n) is 5.50. The van der Waals surface area contributed by atoms with Crippen LogP contribution in [0.25, 0.3) is 0 Å². The van der Waals surface area contributed by atoms with Crippen molar-refractivity contribution in [3.8, 4) is 0 Å². The van der Waals surface area contributed by atoms with Gasteiger partial charge in [-0.15, -0.1) is 0 Å². The smallest absolute Gasteiger partial charge is 0.126 e. The van der Waals surface area contributed by atoms with E-state index in [9.17, 15) is 9.90 Å². The number of aliphatic hydroxyl groups excluding tert-OH is 1. The minimum absolute atomic E-state index is 0.00231. The van der Waals surface area contributed by atoms with Crippen LogP contribution in [0.3, 0.4) is 0 Å². The molecule has 14 heavy (non-hydrogen) atoms. The van der Waals surface area contributed by atoms with Crippen LogP contribution in [-0.2, 0) is 4.79 Å². The van der Waals surface area contributed by atoms with Crippen molar-refractivity contribution in [2.75, 3.05) is 6.61 Å². The fourth-order valence-corrected chi connectivity index (χ4v) is 4.89. The molecule has 2 bridgehead atoms. The average Bonchev–Trinajstić information content (AvgIpc) is 2.88. The van der Waals surface area contributed by atoms with E-state index in [2.05, 4.69) is 0 Å². The molecule has 0 saturated heterocycles. The Morgan fingerprint density at radius 2 is 2.21 bits per heavy atom. The molecule has 4 atom stereocenters. The maximum atomic E-state index is 11.4. The average molecular weight is 194 g/mol. The zero-order valence-corrected chi connectivity index (χ0v) is 8.54. The van der Waals surface area contributed by atoms with Gasteiger partial charge in [-0.05, 0) is 43.9 Å². The van der Waals surface area contributed by atoms with Crippen molar-refractivity contribution in [2.45, 2.75) is 38.5 Å². The van der Waals surface area contributed by atoms with Crippen molar-refractivity contribution in [3.63, 3.8) is 0 Å². The molecular formula is C12H18O2. The molecule has 0 spiro atoms. The third kappa shape index (κ3) is 0.723. The minimum Gasteiger partial charge on any atom is -0.396 e. The second-order valence-electron chi connectivity index (χ2n) is 5.59. The highest BCUT2D eigenvalue weighted by Gasteiger charge is 2.67. The van der Waals surface area contributed by atoms with Gasteiger partial charge in [0.2, 0.25) is 0 Å². The molecule has 2 heteroatoms. The Labute approximate surface area is 84.7 Å². The highest BCUT2D eigenvalue weighted by Crippen LogP contribution is 2.71. The Morgan fingerprint density at radius 1 is 1.36 bits per heavy atom. The van der Waals surface area contributed by atoms with E-state index >= 15 is 0 Å². The summed E-state index contributed by atoms with van der Waals surface area (Å²) in [7, 11) is 0. The standard InChI is InChI=1S/C12H18O2/c13-7-11-5-3-9(6-11)10-2-1-4-12(10,11)8-14/h7,9-10,14H,1-6,8H2. The zero-order chi connectivity index (χ0) is 9.81. The van der Waals surface area contributed by atoms with Gasteiger partial charge in [0, 0.05) is 17.4 Å². The molecule has 3 fully saturated rings.